The van der Waals surface area contributed by atoms with E-state index in [0.717, 1.165) is 67.3 Å². The Hall–Kier alpha value is -9.48. The number of para-hydroxylation sites is 4. The molecule has 11 aromatic carbocycles. The first-order valence-corrected chi connectivity index (χ1v) is 28.7. The molecule has 78 heavy (non-hydrogen) atoms. The Morgan fingerprint density at radius 3 is 0.949 bits per heavy atom. The molecule has 4 aliphatic rings. The van der Waals surface area contributed by atoms with Crippen molar-refractivity contribution in [1.29, 1.82) is 0 Å². The molecule has 8 nitrogen and oxygen atoms in total. The predicted octanol–water partition coefficient (Wildman–Crippen LogP) is 15.9. The summed E-state index contributed by atoms with van der Waals surface area (Å²) in [5.74, 6) is 1.06. The van der Waals surface area contributed by atoms with Crippen molar-refractivity contribution < 1.29 is 26.3 Å². The molecule has 0 N–H and O–H groups in total. The van der Waals surface area contributed by atoms with Crippen molar-refractivity contribution in [3.8, 4) is 23.0 Å². The lowest BCUT2D eigenvalue weighted by molar-refractivity contribution is 0.442. The molecule has 0 radical (unpaired) electrons. The Balaban J connectivity index is 1.11. The van der Waals surface area contributed by atoms with E-state index in [2.05, 4.69) is 155 Å². The molecule has 10 heteroatoms. The summed E-state index contributed by atoms with van der Waals surface area (Å²) in [7, 11) is -8.09. The van der Waals surface area contributed by atoms with Gasteiger partial charge in [0.05, 0.1) is 33.6 Å². The summed E-state index contributed by atoms with van der Waals surface area (Å²) < 4.78 is 71.9. The lowest BCUT2D eigenvalue weighted by atomic mass is 9.59. The molecule has 0 aromatic heterocycles. The lowest BCUT2D eigenvalue weighted by Gasteiger charge is -2.50. The van der Waals surface area contributed by atoms with Crippen molar-refractivity contribution in [1.82, 2.24) is 0 Å². The Kier molecular flexibility index (Phi) is 10.0. The number of rotatable bonds is 6. The highest BCUT2D eigenvalue weighted by Gasteiger charge is 2.52. The van der Waals surface area contributed by atoms with E-state index in [1.165, 1.54) is 0 Å². The first-order valence-electron chi connectivity index (χ1n) is 25.7. The molecule has 11 aromatic rings. The normalized spacial score (nSPS) is 15.9. The number of benzene rings is 11. The van der Waals surface area contributed by atoms with Crippen LogP contribution in [0.15, 0.2) is 287 Å². The molecule has 0 fully saturated rings. The summed E-state index contributed by atoms with van der Waals surface area (Å²) in [5.41, 5.74) is 10.3. The van der Waals surface area contributed by atoms with Gasteiger partial charge in [-0.2, -0.15) is 0 Å². The molecule has 15 rings (SSSR count). The molecule has 4 aliphatic heterocycles. The van der Waals surface area contributed by atoms with Crippen LogP contribution in [0.25, 0.3) is 0 Å². The second-order valence-corrected chi connectivity index (χ2v) is 23.7. The van der Waals surface area contributed by atoms with E-state index in [-0.39, 0.29) is 42.6 Å². The van der Waals surface area contributed by atoms with Gasteiger partial charge < -0.3 is 19.3 Å². The van der Waals surface area contributed by atoms with Gasteiger partial charge in [0.25, 0.3) is 0 Å². The zero-order chi connectivity index (χ0) is 52.4. The fourth-order valence-corrected chi connectivity index (χ4v) is 15.8. The number of ether oxygens (including phenoxy) is 2. The molecule has 0 atom stereocenters. The second kappa shape index (κ2) is 17.0. The third-order valence-corrected chi connectivity index (χ3v) is 19.6. The molecular formula is C68H44N2O6S2. The molecule has 0 bridgehead atoms. The van der Waals surface area contributed by atoms with Gasteiger partial charge in [-0.25, -0.2) is 16.8 Å². The number of fused-ring (bicyclic) bond motifs is 8. The number of nitrogens with zero attached hydrogens (tertiary/aromatic N) is 2. The van der Waals surface area contributed by atoms with E-state index in [1.807, 2.05) is 48.5 Å². The zero-order valence-electron chi connectivity index (χ0n) is 41.6. The summed E-state index contributed by atoms with van der Waals surface area (Å²) in [6, 6.07) is 88.0. The quantitative estimate of drug-likeness (QED) is 0.163. The van der Waals surface area contributed by atoms with Gasteiger partial charge in [0.15, 0.2) is 0 Å². The second-order valence-electron chi connectivity index (χ2n) is 19.9. The average Bonchev–Trinajstić information content (AvgIpc) is 3.67. The Morgan fingerprint density at radius 2 is 0.577 bits per heavy atom. The Labute approximate surface area is 452 Å². The van der Waals surface area contributed by atoms with Gasteiger partial charge in [0, 0.05) is 11.4 Å². The van der Waals surface area contributed by atoms with Gasteiger partial charge in [0.1, 0.15) is 42.6 Å². The minimum atomic E-state index is -4.04. The SMILES string of the molecule is O=S1(=O)c2ccccc2Oc2ccc(N3c4ccccc4C(c4ccccc4)(c4ccccc4)c4cc5c(cc43)C(c3ccccc3)(c3ccccc3)c3ccccc3N5c3ccc4c(c3)S(=O)(=O)c3ccccc3O4)cc21. The predicted molar refractivity (Wildman–Crippen MR) is 303 cm³/mol. The molecular weight excluding hydrogens is 1000 g/mol. The van der Waals surface area contributed by atoms with Gasteiger partial charge in [-0.15, -0.1) is 0 Å². The van der Waals surface area contributed by atoms with Gasteiger partial charge in [-0.3, -0.25) is 0 Å². The van der Waals surface area contributed by atoms with Crippen molar-refractivity contribution in [3.05, 3.63) is 311 Å². The van der Waals surface area contributed by atoms with Crippen LogP contribution >= 0.6 is 0 Å². The van der Waals surface area contributed by atoms with E-state index in [1.54, 1.807) is 72.8 Å². The molecule has 0 saturated heterocycles. The first kappa shape index (κ1) is 45.9. The fraction of sp³-hybridized carbons (Fsp3) is 0.0294. The summed E-state index contributed by atoms with van der Waals surface area (Å²) in [5, 5.41) is 0. The van der Waals surface area contributed by atoms with E-state index >= 15 is 0 Å². The van der Waals surface area contributed by atoms with Gasteiger partial charge >= 0.3 is 0 Å². The van der Waals surface area contributed by atoms with Gasteiger partial charge in [-0.1, -0.05) is 182 Å². The van der Waals surface area contributed by atoms with Crippen LogP contribution < -0.4 is 19.3 Å². The molecule has 0 spiro atoms. The van der Waals surface area contributed by atoms with Gasteiger partial charge in [0.2, 0.25) is 19.7 Å². The minimum absolute atomic E-state index is 0.0654. The van der Waals surface area contributed by atoms with Crippen molar-refractivity contribution in [2.24, 2.45) is 0 Å². The fourth-order valence-electron chi connectivity index (χ4n) is 12.8. The zero-order valence-corrected chi connectivity index (χ0v) is 43.2. The van der Waals surface area contributed by atoms with Crippen LogP contribution in [-0.2, 0) is 30.5 Å². The highest BCUT2D eigenvalue weighted by molar-refractivity contribution is 7.92. The van der Waals surface area contributed by atoms with Crippen LogP contribution in [0.4, 0.5) is 34.1 Å². The highest BCUT2D eigenvalue weighted by atomic mass is 32.2. The average molecular weight is 1050 g/mol. The topological polar surface area (TPSA) is 93.2 Å². The van der Waals surface area contributed by atoms with E-state index in [9.17, 15) is 16.8 Å². The van der Waals surface area contributed by atoms with Crippen molar-refractivity contribution in [2.75, 3.05) is 9.80 Å². The third-order valence-electron chi connectivity index (χ3n) is 16.0. The summed E-state index contributed by atoms with van der Waals surface area (Å²) >= 11 is 0. The van der Waals surface area contributed by atoms with Crippen LogP contribution in [0, 0.1) is 0 Å². The van der Waals surface area contributed by atoms with Crippen LogP contribution in [-0.4, -0.2) is 16.8 Å². The standard InChI is InChI=1S/C68H44N2O6S2/c71-77(72)63-35-19-17-33-59(63)75-61-39-37-49(41-65(61)77)69-55-31-15-13-29-51(55)67(45-21-5-1-6-22-45,46-23-7-2-8-24-46)53-43-58-54(44-57(53)69)68(47-25-9-3-10-26-47,48-27-11-4-12-28-48)52-30-14-16-32-56(52)70(58)50-38-40-62-66(42-50)78(73,74)64-36-20-18-34-60(64)76-62/h1-44H. The largest absolute Gasteiger partial charge is 0.455 e. The smallest absolute Gasteiger partial charge is 0.214 e. The summed E-state index contributed by atoms with van der Waals surface area (Å²) in [6.45, 7) is 0. The van der Waals surface area contributed by atoms with E-state index in [4.69, 9.17) is 9.47 Å². The van der Waals surface area contributed by atoms with Crippen molar-refractivity contribution >= 4 is 53.8 Å². The van der Waals surface area contributed by atoms with Crippen LogP contribution in [0.1, 0.15) is 44.5 Å². The van der Waals surface area contributed by atoms with Gasteiger partial charge in [-0.05, 0) is 129 Å². The first-order chi connectivity index (χ1) is 38.2. The van der Waals surface area contributed by atoms with E-state index in [0.29, 0.717) is 11.4 Å². The Morgan fingerprint density at radius 1 is 0.269 bits per heavy atom. The lowest BCUT2D eigenvalue weighted by Crippen LogP contribution is -2.41. The molecule has 0 aliphatic carbocycles. The van der Waals surface area contributed by atoms with Crippen molar-refractivity contribution in [2.45, 2.75) is 30.4 Å². The molecule has 0 saturated carbocycles. The summed E-state index contributed by atoms with van der Waals surface area (Å²) in [6.07, 6.45) is 0. The van der Waals surface area contributed by atoms with Crippen LogP contribution in [0.5, 0.6) is 23.0 Å². The van der Waals surface area contributed by atoms with Crippen LogP contribution in [0.2, 0.25) is 0 Å². The third kappa shape index (κ3) is 6.32. The minimum Gasteiger partial charge on any atom is -0.455 e. The van der Waals surface area contributed by atoms with Crippen molar-refractivity contribution in [3.63, 3.8) is 0 Å². The monoisotopic (exact) mass is 1050 g/mol. The summed E-state index contributed by atoms with van der Waals surface area (Å²) in [4.78, 5) is 4.76. The number of sulfone groups is 2. The van der Waals surface area contributed by atoms with E-state index < -0.39 is 30.5 Å². The molecule has 0 amide bonds. The molecule has 4 heterocycles. The Bertz CT molecular complexity index is 4130. The highest BCUT2D eigenvalue weighted by Crippen LogP contribution is 2.65. The maximum atomic E-state index is 14.8. The number of hydrogen-bond donors (Lipinski definition) is 0. The maximum absolute atomic E-state index is 14.8. The van der Waals surface area contributed by atoms with Crippen LogP contribution in [0.3, 0.4) is 0 Å². The maximum Gasteiger partial charge on any atom is 0.214 e. The number of hydrogen-bond acceptors (Lipinski definition) is 8. The molecule has 374 valence electrons. The number of anilines is 6. The molecule has 0 unspecified atom stereocenters.